The van der Waals surface area contributed by atoms with E-state index in [4.69, 9.17) is 5.73 Å². The smallest absolute Gasteiger partial charge is 0.325 e. The highest BCUT2D eigenvalue weighted by Gasteiger charge is 2.07. The maximum absolute atomic E-state index is 11.5. The molecule has 0 saturated heterocycles. The number of rotatable bonds is 5. The summed E-state index contributed by atoms with van der Waals surface area (Å²) in [5.41, 5.74) is 5.54. The van der Waals surface area contributed by atoms with E-state index in [1.165, 1.54) is 18.3 Å². The Balaban J connectivity index is 2.52. The molecule has 18 heavy (non-hydrogen) atoms. The Hall–Kier alpha value is -2.31. The fourth-order valence-electron chi connectivity index (χ4n) is 1.27. The van der Waals surface area contributed by atoms with Gasteiger partial charge in [-0.3, -0.25) is 14.4 Å². The van der Waals surface area contributed by atoms with Crippen LogP contribution in [0.1, 0.15) is 6.92 Å². The monoisotopic (exact) mass is 253 g/mol. The van der Waals surface area contributed by atoms with Gasteiger partial charge in [-0.05, 0) is 13.0 Å². The van der Waals surface area contributed by atoms with Crippen molar-refractivity contribution in [2.75, 3.05) is 18.9 Å². The minimum atomic E-state index is -0.522. The van der Waals surface area contributed by atoms with E-state index in [9.17, 15) is 14.4 Å². The molecule has 1 aromatic heterocycles. The number of nitrogens with one attached hydrogen (secondary N) is 1. The molecule has 0 atom stereocenters. The Bertz CT molecular complexity index is 495. The van der Waals surface area contributed by atoms with Gasteiger partial charge in [0.2, 0.25) is 5.91 Å². The lowest BCUT2D eigenvalue weighted by Gasteiger charge is -2.07. The normalized spacial score (nSPS) is 9.83. The molecular weight excluding hydrogens is 238 g/mol. The number of nitrogens with zero attached hydrogens (tertiary/aromatic N) is 1. The van der Waals surface area contributed by atoms with Gasteiger partial charge in [-0.25, -0.2) is 0 Å². The van der Waals surface area contributed by atoms with Crippen LogP contribution in [0.2, 0.25) is 0 Å². The zero-order chi connectivity index (χ0) is 13.5. The second-order valence-electron chi connectivity index (χ2n) is 3.51. The number of nitrogens with two attached hydrogens (primary N) is 1. The van der Waals surface area contributed by atoms with Crippen molar-refractivity contribution in [3.63, 3.8) is 0 Å². The number of ether oxygens (including phenoxy) is 1. The van der Waals surface area contributed by atoms with Crippen LogP contribution in [-0.2, 0) is 20.9 Å². The van der Waals surface area contributed by atoms with Gasteiger partial charge in [-0.2, -0.15) is 0 Å². The van der Waals surface area contributed by atoms with E-state index >= 15 is 0 Å². The molecule has 98 valence electrons. The van der Waals surface area contributed by atoms with E-state index in [-0.39, 0.29) is 25.3 Å². The summed E-state index contributed by atoms with van der Waals surface area (Å²) in [7, 11) is 0. The molecular formula is C11H15N3O4. The molecule has 0 spiro atoms. The van der Waals surface area contributed by atoms with Crippen LogP contribution in [0.5, 0.6) is 0 Å². The average Bonchev–Trinajstić information content (AvgIpc) is 2.32. The van der Waals surface area contributed by atoms with Crippen LogP contribution >= 0.6 is 0 Å². The molecule has 7 nitrogen and oxygen atoms in total. The predicted octanol–water partition coefficient (Wildman–Crippen LogP) is -0.890. The summed E-state index contributed by atoms with van der Waals surface area (Å²) in [4.78, 5) is 33.8. The summed E-state index contributed by atoms with van der Waals surface area (Å²) in [6.07, 6.45) is 1.37. The molecule has 0 aliphatic heterocycles. The molecule has 1 heterocycles. The first-order valence-corrected chi connectivity index (χ1v) is 5.41. The number of pyridine rings is 1. The summed E-state index contributed by atoms with van der Waals surface area (Å²) in [6.45, 7) is 1.52. The Kier molecular flexibility index (Phi) is 4.91. The van der Waals surface area contributed by atoms with E-state index in [0.717, 1.165) is 4.57 Å². The number of nitrogen functional groups attached to an aromatic ring is 1. The molecule has 7 heteroatoms. The molecule has 1 amide bonds. The summed E-state index contributed by atoms with van der Waals surface area (Å²) in [6, 6.07) is 2.73. The summed E-state index contributed by atoms with van der Waals surface area (Å²) in [5.74, 6) is -0.985. The summed E-state index contributed by atoms with van der Waals surface area (Å²) < 4.78 is 5.81. The number of carbonyl (C=O) groups is 2. The van der Waals surface area contributed by atoms with Gasteiger partial charge in [0.1, 0.15) is 13.1 Å². The molecule has 0 aliphatic carbocycles. The highest BCUT2D eigenvalue weighted by atomic mass is 16.5. The van der Waals surface area contributed by atoms with Gasteiger partial charge in [-0.1, -0.05) is 0 Å². The molecule has 3 N–H and O–H groups in total. The Morgan fingerprint density at radius 1 is 1.44 bits per heavy atom. The van der Waals surface area contributed by atoms with Crippen LogP contribution in [0.15, 0.2) is 23.1 Å². The van der Waals surface area contributed by atoms with E-state index in [2.05, 4.69) is 10.1 Å². The first-order chi connectivity index (χ1) is 8.52. The zero-order valence-electron chi connectivity index (χ0n) is 10.0. The van der Waals surface area contributed by atoms with Crippen LogP contribution < -0.4 is 16.6 Å². The number of hydrogen-bond acceptors (Lipinski definition) is 5. The minimum Gasteiger partial charge on any atom is -0.465 e. The molecule has 1 aromatic rings. The molecule has 0 unspecified atom stereocenters. The van der Waals surface area contributed by atoms with Crippen LogP contribution in [0.3, 0.4) is 0 Å². The fourth-order valence-corrected chi connectivity index (χ4v) is 1.27. The minimum absolute atomic E-state index is 0.191. The Labute approximate surface area is 104 Å². The molecule has 0 aromatic carbocycles. The third-order valence-corrected chi connectivity index (χ3v) is 2.06. The predicted molar refractivity (Wildman–Crippen MR) is 64.8 cm³/mol. The number of carbonyl (C=O) groups excluding carboxylic acids is 2. The summed E-state index contributed by atoms with van der Waals surface area (Å²) in [5, 5.41) is 2.35. The van der Waals surface area contributed by atoms with Crippen molar-refractivity contribution in [1.29, 1.82) is 0 Å². The molecule has 1 rings (SSSR count). The Morgan fingerprint density at radius 3 is 2.83 bits per heavy atom. The average molecular weight is 253 g/mol. The van der Waals surface area contributed by atoms with E-state index < -0.39 is 11.9 Å². The number of esters is 1. The molecule has 0 aliphatic rings. The number of hydrogen-bond donors (Lipinski definition) is 2. The maximum atomic E-state index is 11.5. The third-order valence-electron chi connectivity index (χ3n) is 2.06. The second-order valence-corrected chi connectivity index (χ2v) is 3.51. The van der Waals surface area contributed by atoms with Gasteiger partial charge < -0.3 is 20.4 Å². The third kappa shape index (κ3) is 4.28. The van der Waals surface area contributed by atoms with Crippen molar-refractivity contribution < 1.29 is 14.3 Å². The van der Waals surface area contributed by atoms with Crippen LogP contribution in [0.25, 0.3) is 0 Å². The maximum Gasteiger partial charge on any atom is 0.325 e. The van der Waals surface area contributed by atoms with E-state index in [1.54, 1.807) is 6.92 Å². The van der Waals surface area contributed by atoms with Gasteiger partial charge in [0.25, 0.3) is 5.56 Å². The molecule has 0 radical (unpaired) electrons. The summed E-state index contributed by atoms with van der Waals surface area (Å²) >= 11 is 0. The SMILES string of the molecule is CCOC(=O)CNC(=O)Cn1cc(N)ccc1=O. The largest absolute Gasteiger partial charge is 0.465 e. The van der Waals surface area contributed by atoms with Crippen LogP contribution in [0, 0.1) is 0 Å². The van der Waals surface area contributed by atoms with Gasteiger partial charge in [0, 0.05) is 18.0 Å². The highest BCUT2D eigenvalue weighted by molar-refractivity contribution is 5.81. The molecule has 0 fully saturated rings. The number of aromatic nitrogens is 1. The standard InChI is InChI=1S/C11H15N3O4/c1-2-18-11(17)5-13-9(15)7-14-6-8(12)3-4-10(14)16/h3-4,6H,2,5,7,12H2,1H3,(H,13,15). The van der Waals surface area contributed by atoms with Crippen LogP contribution in [-0.4, -0.2) is 29.6 Å². The second kappa shape index (κ2) is 6.43. The van der Waals surface area contributed by atoms with Gasteiger partial charge in [-0.15, -0.1) is 0 Å². The lowest BCUT2D eigenvalue weighted by atomic mass is 10.4. The molecule has 0 bridgehead atoms. The van der Waals surface area contributed by atoms with Crippen molar-refractivity contribution in [3.05, 3.63) is 28.7 Å². The Morgan fingerprint density at radius 2 is 2.17 bits per heavy atom. The van der Waals surface area contributed by atoms with Crippen molar-refractivity contribution in [1.82, 2.24) is 9.88 Å². The highest BCUT2D eigenvalue weighted by Crippen LogP contribution is 1.95. The van der Waals surface area contributed by atoms with Gasteiger partial charge in [0.15, 0.2) is 0 Å². The van der Waals surface area contributed by atoms with Crippen LogP contribution in [0.4, 0.5) is 5.69 Å². The van der Waals surface area contributed by atoms with Gasteiger partial charge in [0.05, 0.1) is 6.61 Å². The van der Waals surface area contributed by atoms with E-state index in [1.807, 2.05) is 0 Å². The topological polar surface area (TPSA) is 103 Å². The van der Waals surface area contributed by atoms with Gasteiger partial charge >= 0.3 is 5.97 Å². The van der Waals surface area contributed by atoms with Crippen molar-refractivity contribution in [2.45, 2.75) is 13.5 Å². The fraction of sp³-hybridized carbons (Fsp3) is 0.364. The quantitative estimate of drug-likeness (QED) is 0.662. The first-order valence-electron chi connectivity index (χ1n) is 5.41. The van der Waals surface area contributed by atoms with Crippen molar-refractivity contribution in [2.24, 2.45) is 0 Å². The lowest BCUT2D eigenvalue weighted by Crippen LogP contribution is -2.35. The zero-order valence-corrected chi connectivity index (χ0v) is 10.0. The van der Waals surface area contributed by atoms with Crippen molar-refractivity contribution in [3.8, 4) is 0 Å². The molecule has 0 saturated carbocycles. The number of amides is 1. The number of anilines is 1. The van der Waals surface area contributed by atoms with Crippen molar-refractivity contribution >= 4 is 17.6 Å². The first kappa shape index (κ1) is 13.8. The lowest BCUT2D eigenvalue weighted by molar-refractivity contribution is -0.143. The van der Waals surface area contributed by atoms with E-state index in [0.29, 0.717) is 5.69 Å².